The van der Waals surface area contributed by atoms with Crippen LogP contribution in [0.25, 0.3) is 0 Å². The molecule has 2 saturated heterocycles. The molecule has 0 bridgehead atoms. The van der Waals surface area contributed by atoms with E-state index in [0.717, 1.165) is 0 Å². The Balaban J connectivity index is 1.67. The van der Waals surface area contributed by atoms with Crippen molar-refractivity contribution in [3.63, 3.8) is 0 Å². The quantitative estimate of drug-likeness (QED) is 0.802. The van der Waals surface area contributed by atoms with Crippen LogP contribution >= 0.6 is 0 Å². The van der Waals surface area contributed by atoms with Crippen LogP contribution in [0.1, 0.15) is 6.42 Å². The monoisotopic (exact) mass is 336 g/mol. The highest BCUT2D eigenvalue weighted by Crippen LogP contribution is 2.36. The molecule has 0 aromatic carbocycles. The number of halogens is 2. The molecule has 1 N–H and O–H groups in total. The summed E-state index contributed by atoms with van der Waals surface area (Å²) in [4.78, 5) is 5.35. The molecule has 2 aliphatic heterocycles. The fourth-order valence-corrected chi connectivity index (χ4v) is 4.48. The molecule has 2 aliphatic rings. The van der Waals surface area contributed by atoms with Crippen LogP contribution in [0.5, 0.6) is 0 Å². The molecule has 3 rings (SSSR count). The van der Waals surface area contributed by atoms with Crippen molar-refractivity contribution in [3.8, 4) is 0 Å². The van der Waals surface area contributed by atoms with Gasteiger partial charge < -0.3 is 9.67 Å². The highest BCUT2D eigenvalue weighted by molar-refractivity contribution is 7.89. The van der Waals surface area contributed by atoms with Gasteiger partial charge in [0.15, 0.2) is 5.03 Å². The highest BCUT2D eigenvalue weighted by atomic mass is 32.2. The first-order chi connectivity index (χ1) is 10.2. The summed E-state index contributed by atoms with van der Waals surface area (Å²) in [6.07, 6.45) is 2.42. The molecule has 0 amide bonds. The number of hydrogen-bond donors (Lipinski definition) is 1. The predicted octanol–water partition coefficient (Wildman–Crippen LogP) is -0.505. The number of nitrogens with zero attached hydrogens (tertiary/aromatic N) is 4. The van der Waals surface area contributed by atoms with Crippen LogP contribution in [0.3, 0.4) is 0 Å². The van der Waals surface area contributed by atoms with E-state index in [1.165, 1.54) is 26.3 Å². The van der Waals surface area contributed by atoms with Crippen LogP contribution in [-0.2, 0) is 17.1 Å². The second kappa shape index (κ2) is 5.22. The first kappa shape index (κ1) is 15.8. The van der Waals surface area contributed by atoms with Crippen molar-refractivity contribution < 1.29 is 22.3 Å². The summed E-state index contributed by atoms with van der Waals surface area (Å²) in [7, 11) is -2.00. The van der Waals surface area contributed by atoms with Gasteiger partial charge in [-0.3, -0.25) is 4.90 Å². The number of aryl methyl sites for hydroxylation is 1. The van der Waals surface area contributed by atoms with Gasteiger partial charge in [0, 0.05) is 44.8 Å². The number of aromatic nitrogens is 2. The van der Waals surface area contributed by atoms with Crippen LogP contribution < -0.4 is 0 Å². The van der Waals surface area contributed by atoms with Crippen molar-refractivity contribution in [3.05, 3.63) is 12.5 Å². The molecule has 10 heteroatoms. The third kappa shape index (κ3) is 2.64. The summed E-state index contributed by atoms with van der Waals surface area (Å²) in [5.41, 5.74) is 0. The van der Waals surface area contributed by atoms with E-state index >= 15 is 0 Å². The molecule has 124 valence electrons. The molecule has 7 nitrogen and oxygen atoms in total. The van der Waals surface area contributed by atoms with Crippen molar-refractivity contribution in [2.24, 2.45) is 7.05 Å². The van der Waals surface area contributed by atoms with Crippen LogP contribution in [0, 0.1) is 0 Å². The lowest BCUT2D eigenvalue weighted by Crippen LogP contribution is -2.62. The summed E-state index contributed by atoms with van der Waals surface area (Å²) in [5.74, 6) is -2.83. The number of likely N-dealkylation sites (tertiary alicyclic amines) is 1. The van der Waals surface area contributed by atoms with Crippen molar-refractivity contribution in [1.82, 2.24) is 18.8 Å². The lowest BCUT2D eigenvalue weighted by molar-refractivity contribution is -0.00248. The molecule has 0 radical (unpaired) electrons. The second-order valence-corrected chi connectivity index (χ2v) is 7.81. The largest absolute Gasteiger partial charge is 0.395 e. The predicted molar refractivity (Wildman–Crippen MR) is 72.9 cm³/mol. The van der Waals surface area contributed by atoms with Crippen LogP contribution in [0.2, 0.25) is 0 Å². The maximum absolute atomic E-state index is 13.5. The van der Waals surface area contributed by atoms with Crippen molar-refractivity contribution in [2.75, 3.05) is 26.2 Å². The minimum Gasteiger partial charge on any atom is -0.395 e. The minimum absolute atomic E-state index is 0.0427. The Morgan fingerprint density at radius 3 is 2.68 bits per heavy atom. The van der Waals surface area contributed by atoms with Gasteiger partial charge in [-0.25, -0.2) is 22.2 Å². The smallest absolute Gasteiger partial charge is 0.262 e. The van der Waals surface area contributed by atoms with Gasteiger partial charge in [0.1, 0.15) is 0 Å². The molecule has 1 aromatic rings. The summed E-state index contributed by atoms with van der Waals surface area (Å²) < 4.78 is 54.3. The number of hydrogen-bond acceptors (Lipinski definition) is 5. The number of alkyl halides is 2. The van der Waals surface area contributed by atoms with E-state index < -0.39 is 28.5 Å². The summed E-state index contributed by atoms with van der Waals surface area (Å²) in [6.45, 7) is -0.490. The molecule has 0 unspecified atom stereocenters. The molecule has 0 aliphatic carbocycles. The van der Waals surface area contributed by atoms with E-state index in [2.05, 4.69) is 4.98 Å². The van der Waals surface area contributed by atoms with Gasteiger partial charge in [-0.15, -0.1) is 0 Å². The zero-order valence-electron chi connectivity index (χ0n) is 12.1. The Labute approximate surface area is 127 Å². The Kier molecular flexibility index (Phi) is 3.75. The lowest BCUT2D eigenvalue weighted by Gasteiger charge is -2.44. The second-order valence-electron chi connectivity index (χ2n) is 5.92. The topological polar surface area (TPSA) is 78.7 Å². The Bertz CT molecular complexity index is 657. The van der Waals surface area contributed by atoms with Gasteiger partial charge in [0.25, 0.3) is 15.9 Å². The Hall–Kier alpha value is -1.10. The average Bonchev–Trinajstić information content (AvgIpc) is 2.91. The Morgan fingerprint density at radius 2 is 2.14 bits per heavy atom. The zero-order chi connectivity index (χ0) is 16.1. The molecule has 22 heavy (non-hydrogen) atoms. The van der Waals surface area contributed by atoms with E-state index in [1.807, 2.05) is 0 Å². The van der Waals surface area contributed by atoms with Gasteiger partial charge in [0.2, 0.25) is 0 Å². The van der Waals surface area contributed by atoms with Gasteiger partial charge in [-0.1, -0.05) is 0 Å². The van der Waals surface area contributed by atoms with E-state index in [1.54, 1.807) is 7.05 Å². The fraction of sp³-hybridized carbons (Fsp3) is 0.750. The van der Waals surface area contributed by atoms with Gasteiger partial charge in [-0.05, 0) is 0 Å². The van der Waals surface area contributed by atoms with Crippen molar-refractivity contribution in [1.29, 1.82) is 0 Å². The molecule has 0 spiro atoms. The van der Waals surface area contributed by atoms with Crippen molar-refractivity contribution >= 4 is 10.0 Å². The first-order valence-corrected chi connectivity index (χ1v) is 8.39. The summed E-state index contributed by atoms with van der Waals surface area (Å²) >= 11 is 0. The van der Waals surface area contributed by atoms with Crippen LogP contribution in [-0.4, -0.2) is 76.5 Å². The molecule has 0 saturated carbocycles. The third-order valence-electron chi connectivity index (χ3n) is 4.21. The molecule has 2 fully saturated rings. The minimum atomic E-state index is -3.67. The number of aliphatic hydroxyl groups is 1. The number of sulfonamides is 1. The number of aliphatic hydroxyl groups excluding tert-OH is 1. The fourth-order valence-electron chi connectivity index (χ4n) is 3.00. The van der Waals surface area contributed by atoms with Crippen LogP contribution in [0.4, 0.5) is 8.78 Å². The van der Waals surface area contributed by atoms with Gasteiger partial charge in [0.05, 0.1) is 19.5 Å². The van der Waals surface area contributed by atoms with E-state index in [4.69, 9.17) is 0 Å². The van der Waals surface area contributed by atoms with Crippen molar-refractivity contribution in [2.45, 2.75) is 29.5 Å². The average molecular weight is 336 g/mol. The first-order valence-electron chi connectivity index (χ1n) is 6.95. The highest BCUT2D eigenvalue weighted by Gasteiger charge is 2.51. The molecule has 1 aromatic heterocycles. The molecular formula is C12H18F2N4O3S. The molecule has 3 heterocycles. The maximum Gasteiger partial charge on any atom is 0.262 e. The van der Waals surface area contributed by atoms with Crippen LogP contribution in [0.15, 0.2) is 17.6 Å². The lowest BCUT2D eigenvalue weighted by atomic mass is 10.1. The number of rotatable bonds is 4. The van der Waals surface area contributed by atoms with E-state index in [9.17, 15) is 22.3 Å². The standard InChI is InChI=1S/C12H18F2N4O3S/c1-16-5-11(15-8-16)22(20,21)17-3-10(4-17)18-7-12(13,14)2-9(18)6-19/h5,8-10,19H,2-4,6-7H2,1H3/t9-/m0/s1. The van der Waals surface area contributed by atoms with E-state index in [-0.39, 0.29) is 37.2 Å². The number of imidazole rings is 1. The summed E-state index contributed by atoms with van der Waals surface area (Å²) in [6, 6.07) is -0.899. The normalized spacial score (nSPS) is 27.2. The van der Waals surface area contributed by atoms with Gasteiger partial charge in [-0.2, -0.15) is 4.31 Å². The molecule has 1 atom stereocenters. The zero-order valence-corrected chi connectivity index (χ0v) is 12.9. The van der Waals surface area contributed by atoms with E-state index in [0.29, 0.717) is 0 Å². The van der Waals surface area contributed by atoms with Gasteiger partial charge >= 0.3 is 0 Å². The Morgan fingerprint density at radius 1 is 1.45 bits per heavy atom. The SMILES string of the molecule is Cn1cnc(S(=O)(=O)N2CC(N3CC(F)(F)C[C@H]3CO)C2)c1. The molecular weight excluding hydrogens is 318 g/mol. The third-order valence-corrected chi connectivity index (χ3v) is 5.93. The maximum atomic E-state index is 13.5. The summed E-state index contributed by atoms with van der Waals surface area (Å²) in [5, 5.41) is 9.18.